The molecule has 5 aromatic rings. The summed E-state index contributed by atoms with van der Waals surface area (Å²) >= 11 is 0. The Bertz CT molecular complexity index is 1850. The summed E-state index contributed by atoms with van der Waals surface area (Å²) in [6, 6.07) is 12.8. The van der Waals surface area contributed by atoms with E-state index in [1.165, 1.54) is 32.3 Å². The van der Waals surface area contributed by atoms with Gasteiger partial charge in [0, 0.05) is 31.4 Å². The van der Waals surface area contributed by atoms with Crippen LogP contribution in [0, 0.1) is 0 Å². The number of carboxylic acid groups (broad SMARTS) is 1. The van der Waals surface area contributed by atoms with Crippen molar-refractivity contribution in [2.24, 2.45) is 0 Å². The number of nitrogens with zero attached hydrogens (tertiary/aromatic N) is 4. The zero-order valence-corrected chi connectivity index (χ0v) is 21.2. The van der Waals surface area contributed by atoms with Crippen molar-refractivity contribution in [3.8, 4) is 22.4 Å². The second-order valence-corrected chi connectivity index (χ2v) is 10.9. The van der Waals surface area contributed by atoms with Crippen molar-refractivity contribution >= 4 is 33.0 Å². The van der Waals surface area contributed by atoms with Crippen LogP contribution in [0.3, 0.4) is 0 Å². The van der Waals surface area contributed by atoms with Gasteiger partial charge in [-0.3, -0.25) is 14.5 Å². The zero-order valence-electron chi connectivity index (χ0n) is 20.3. The molecule has 3 aromatic heterocycles. The van der Waals surface area contributed by atoms with E-state index in [1.807, 2.05) is 0 Å². The molecule has 2 aromatic carbocycles. The molecule has 0 spiro atoms. The van der Waals surface area contributed by atoms with Crippen LogP contribution < -0.4 is 11.3 Å². The molecule has 0 fully saturated rings. The van der Waals surface area contributed by atoms with Gasteiger partial charge in [0.15, 0.2) is 0 Å². The number of benzene rings is 2. The summed E-state index contributed by atoms with van der Waals surface area (Å²) in [6.45, 7) is 0.303. The van der Waals surface area contributed by atoms with Gasteiger partial charge in [-0.2, -0.15) is 10.1 Å². The number of aromatic amines is 2. The molecule has 13 heteroatoms. The summed E-state index contributed by atoms with van der Waals surface area (Å²) in [6.07, 6.45) is 3.33. The van der Waals surface area contributed by atoms with E-state index < -0.39 is 21.6 Å². The van der Waals surface area contributed by atoms with E-state index in [0.29, 0.717) is 28.9 Å². The van der Waals surface area contributed by atoms with Crippen LogP contribution in [-0.4, -0.2) is 62.6 Å². The maximum atomic E-state index is 12.9. The Balaban J connectivity index is 1.61. The molecule has 12 nitrogen and oxygen atoms in total. The lowest BCUT2D eigenvalue weighted by atomic mass is 10.0. The van der Waals surface area contributed by atoms with Gasteiger partial charge < -0.3 is 15.8 Å². The van der Waals surface area contributed by atoms with E-state index in [2.05, 4.69) is 20.1 Å². The van der Waals surface area contributed by atoms with Crippen LogP contribution in [0.5, 0.6) is 0 Å². The number of hydrogen-bond acceptors (Lipinski definition) is 7. The number of fused-ring (bicyclic) bond motifs is 1. The summed E-state index contributed by atoms with van der Waals surface area (Å²) in [5, 5.41) is 13.9. The van der Waals surface area contributed by atoms with Crippen molar-refractivity contribution in [2.75, 3.05) is 19.8 Å². The van der Waals surface area contributed by atoms with Gasteiger partial charge in [-0.25, -0.2) is 17.5 Å². The number of nitrogens with one attached hydrogen (secondary N) is 2. The van der Waals surface area contributed by atoms with Crippen LogP contribution in [0.4, 0.5) is 5.95 Å². The average Bonchev–Trinajstić information content (AvgIpc) is 3.48. The molecule has 0 radical (unpaired) electrons. The number of nitrogen functional groups attached to an aromatic ring is 1. The minimum atomic E-state index is -3.62. The predicted octanol–water partition coefficient (Wildman–Crippen LogP) is 2.36. The molecule has 0 saturated heterocycles. The Hall–Kier alpha value is -4.75. The van der Waals surface area contributed by atoms with Gasteiger partial charge in [-0.05, 0) is 35.4 Å². The maximum Gasteiger partial charge on any atom is 0.335 e. The third-order valence-electron chi connectivity index (χ3n) is 6.04. The van der Waals surface area contributed by atoms with E-state index in [-0.39, 0.29) is 27.4 Å². The molecule has 0 aliphatic rings. The number of anilines is 1. The highest BCUT2D eigenvalue weighted by Gasteiger charge is 2.22. The lowest BCUT2D eigenvalue weighted by molar-refractivity contribution is 0.0696. The number of nitrogens with two attached hydrogens (primary N) is 1. The summed E-state index contributed by atoms with van der Waals surface area (Å²) in [5.41, 5.74) is 8.76. The fourth-order valence-corrected chi connectivity index (χ4v) is 5.10. The van der Waals surface area contributed by atoms with Gasteiger partial charge in [0.2, 0.25) is 16.0 Å². The molecule has 38 heavy (non-hydrogen) atoms. The largest absolute Gasteiger partial charge is 0.478 e. The molecule has 0 unspecified atom stereocenters. The number of aromatic nitrogens is 5. The minimum absolute atomic E-state index is 0.0525. The van der Waals surface area contributed by atoms with Gasteiger partial charge in [0.05, 0.1) is 34.3 Å². The highest BCUT2D eigenvalue weighted by atomic mass is 32.2. The van der Waals surface area contributed by atoms with E-state index in [1.54, 1.807) is 47.4 Å². The quantitative estimate of drug-likeness (QED) is 0.246. The monoisotopic (exact) mass is 533 g/mol. The molecule has 0 amide bonds. The summed E-state index contributed by atoms with van der Waals surface area (Å²) in [4.78, 5) is 34.3. The van der Waals surface area contributed by atoms with Crippen molar-refractivity contribution in [3.05, 3.63) is 82.4 Å². The van der Waals surface area contributed by atoms with Crippen molar-refractivity contribution in [2.45, 2.75) is 11.4 Å². The second kappa shape index (κ2) is 9.28. The van der Waals surface area contributed by atoms with Crippen molar-refractivity contribution in [1.82, 2.24) is 29.0 Å². The van der Waals surface area contributed by atoms with Crippen LogP contribution in [0.25, 0.3) is 33.4 Å². The van der Waals surface area contributed by atoms with E-state index in [4.69, 9.17) is 5.73 Å². The highest BCUT2D eigenvalue weighted by molar-refractivity contribution is 7.89. The molecule has 5 N–H and O–H groups in total. The van der Waals surface area contributed by atoms with Gasteiger partial charge >= 0.3 is 5.97 Å². The Morgan fingerprint density at radius 3 is 2.53 bits per heavy atom. The topological polar surface area (TPSA) is 180 Å². The molecule has 0 saturated carbocycles. The van der Waals surface area contributed by atoms with Gasteiger partial charge in [0.1, 0.15) is 5.65 Å². The summed E-state index contributed by atoms with van der Waals surface area (Å²) in [7, 11) is -0.710. The van der Waals surface area contributed by atoms with Crippen LogP contribution >= 0.6 is 0 Å². The van der Waals surface area contributed by atoms with Gasteiger partial charge in [-0.1, -0.05) is 24.3 Å². The Morgan fingerprint density at radius 1 is 1.11 bits per heavy atom. The van der Waals surface area contributed by atoms with E-state index >= 15 is 0 Å². The molecule has 0 atom stereocenters. The molecular weight excluding hydrogens is 510 g/mol. The number of rotatable bonds is 7. The fourth-order valence-electron chi connectivity index (χ4n) is 4.20. The molecule has 0 bridgehead atoms. The SMILES string of the molecule is CN(C)S(=O)(=O)c1ccc(-c2[nH]c3nc(N)[nH]c(=O)c3c2-c2cnn(Cc3cccc(C(=O)O)c3)c2)cc1. The normalized spacial score (nSPS) is 11.9. The lowest BCUT2D eigenvalue weighted by Crippen LogP contribution is -2.22. The number of carbonyl (C=O) groups is 1. The van der Waals surface area contributed by atoms with Gasteiger partial charge in [-0.15, -0.1) is 0 Å². The number of sulfonamides is 1. The Morgan fingerprint density at radius 2 is 1.84 bits per heavy atom. The molecule has 0 aliphatic carbocycles. The first-order valence-corrected chi connectivity index (χ1v) is 12.8. The average molecular weight is 534 g/mol. The second-order valence-electron chi connectivity index (χ2n) is 8.79. The third kappa shape index (κ3) is 4.44. The number of H-pyrrole nitrogens is 2. The standard InChI is InChI=1S/C25H23N7O5S/c1-31(2)38(36,37)18-8-6-15(7-9-18)21-19(20-22(28-21)29-25(26)30-23(20)33)17-11-27-32(13-17)12-14-4-3-5-16(10-14)24(34)35/h3-11,13H,12H2,1-2H3,(H,34,35)(H4,26,28,29,30,33). The van der Waals surface area contributed by atoms with Crippen LogP contribution in [0.2, 0.25) is 0 Å². The van der Waals surface area contributed by atoms with Crippen molar-refractivity contribution < 1.29 is 18.3 Å². The first-order valence-electron chi connectivity index (χ1n) is 11.3. The summed E-state index contributed by atoms with van der Waals surface area (Å²) in [5.74, 6) is -1.07. The van der Waals surface area contributed by atoms with E-state index in [0.717, 1.165) is 9.87 Å². The first kappa shape index (κ1) is 24.9. The molecule has 194 valence electrons. The number of carboxylic acids is 1. The van der Waals surface area contributed by atoms with Crippen LogP contribution in [-0.2, 0) is 16.6 Å². The fraction of sp³-hybridized carbons (Fsp3) is 0.120. The lowest BCUT2D eigenvalue weighted by Gasteiger charge is -2.11. The molecule has 0 aliphatic heterocycles. The van der Waals surface area contributed by atoms with Crippen LogP contribution in [0.15, 0.2) is 70.6 Å². The summed E-state index contributed by atoms with van der Waals surface area (Å²) < 4.78 is 27.8. The smallest absolute Gasteiger partial charge is 0.335 e. The Labute approximate surface area is 216 Å². The Kier molecular flexibility index (Phi) is 6.09. The minimum Gasteiger partial charge on any atom is -0.478 e. The molecule has 3 heterocycles. The zero-order chi connectivity index (χ0) is 27.2. The predicted molar refractivity (Wildman–Crippen MR) is 141 cm³/mol. The highest BCUT2D eigenvalue weighted by Crippen LogP contribution is 2.36. The molecular formula is C25H23N7O5S. The number of aromatic carboxylic acids is 1. The van der Waals surface area contributed by atoms with Crippen LogP contribution in [0.1, 0.15) is 15.9 Å². The first-order chi connectivity index (χ1) is 18.0. The van der Waals surface area contributed by atoms with Crippen molar-refractivity contribution in [1.29, 1.82) is 0 Å². The molecule has 5 rings (SSSR count). The van der Waals surface area contributed by atoms with Crippen molar-refractivity contribution in [3.63, 3.8) is 0 Å². The maximum absolute atomic E-state index is 12.9. The van der Waals surface area contributed by atoms with Gasteiger partial charge in [0.25, 0.3) is 5.56 Å². The number of hydrogen-bond donors (Lipinski definition) is 4. The third-order valence-corrected chi connectivity index (χ3v) is 7.87. The van der Waals surface area contributed by atoms with E-state index in [9.17, 15) is 23.1 Å².